The van der Waals surface area contributed by atoms with Gasteiger partial charge in [-0.15, -0.1) is 0 Å². The molecule has 4 heteroatoms. The molecule has 3 nitrogen and oxygen atoms in total. The first-order valence-corrected chi connectivity index (χ1v) is 11.1. The van der Waals surface area contributed by atoms with Gasteiger partial charge >= 0.3 is 0 Å². The molecular weight excluding hydrogens is 368 g/mol. The summed E-state index contributed by atoms with van der Waals surface area (Å²) in [5.74, 6) is 2.04. The van der Waals surface area contributed by atoms with Crippen LogP contribution in [0.15, 0.2) is 36.4 Å². The fourth-order valence-corrected chi connectivity index (χ4v) is 5.54. The van der Waals surface area contributed by atoms with E-state index in [4.69, 9.17) is 9.47 Å². The van der Waals surface area contributed by atoms with Crippen LogP contribution in [0.1, 0.15) is 54.7 Å². The molecule has 2 aromatic carbocycles. The predicted molar refractivity (Wildman–Crippen MR) is 118 cm³/mol. The predicted octanol–water partition coefficient (Wildman–Crippen LogP) is 5.56. The third-order valence-corrected chi connectivity index (χ3v) is 7.29. The van der Waals surface area contributed by atoms with Gasteiger partial charge in [-0.2, -0.15) is 11.8 Å². The van der Waals surface area contributed by atoms with Gasteiger partial charge in [0, 0.05) is 16.1 Å². The monoisotopic (exact) mass is 400 g/mol. The molecule has 0 aromatic heterocycles. The molecule has 1 saturated heterocycles. The first-order chi connectivity index (χ1) is 13.4. The molecule has 1 fully saturated rings. The van der Waals surface area contributed by atoms with E-state index in [1.54, 1.807) is 7.11 Å². The molecule has 28 heavy (non-hydrogen) atoms. The van der Waals surface area contributed by atoms with Crippen molar-refractivity contribution < 1.29 is 14.6 Å². The summed E-state index contributed by atoms with van der Waals surface area (Å²) in [5.41, 5.74) is 5.01. The van der Waals surface area contributed by atoms with Crippen LogP contribution < -0.4 is 9.47 Å². The smallest absolute Gasteiger partial charge is 0.123 e. The molecular formula is C24H32O3S. The Morgan fingerprint density at radius 2 is 1.86 bits per heavy atom. The van der Waals surface area contributed by atoms with Crippen LogP contribution in [0, 0.1) is 12.8 Å². The van der Waals surface area contributed by atoms with E-state index in [9.17, 15) is 5.11 Å². The third-order valence-electron chi connectivity index (χ3n) is 5.66. The largest absolute Gasteiger partial charge is 0.496 e. The topological polar surface area (TPSA) is 38.7 Å². The molecule has 0 radical (unpaired) electrons. The van der Waals surface area contributed by atoms with Crippen molar-refractivity contribution in [1.82, 2.24) is 0 Å². The van der Waals surface area contributed by atoms with Gasteiger partial charge in [0.15, 0.2) is 0 Å². The van der Waals surface area contributed by atoms with Crippen LogP contribution in [-0.2, 0) is 6.42 Å². The van der Waals surface area contributed by atoms with Crippen LogP contribution in [0.4, 0.5) is 0 Å². The molecule has 1 aliphatic heterocycles. The molecule has 1 aliphatic rings. The van der Waals surface area contributed by atoms with Crippen molar-refractivity contribution in [2.45, 2.75) is 57.1 Å². The second kappa shape index (κ2) is 9.23. The van der Waals surface area contributed by atoms with Crippen molar-refractivity contribution in [2.24, 2.45) is 5.92 Å². The highest BCUT2D eigenvalue weighted by Gasteiger charge is 2.35. The average Bonchev–Trinajstić information content (AvgIpc) is 2.67. The van der Waals surface area contributed by atoms with Gasteiger partial charge in [-0.1, -0.05) is 32.0 Å². The van der Waals surface area contributed by atoms with E-state index >= 15 is 0 Å². The second-order valence-corrected chi connectivity index (χ2v) is 9.39. The van der Waals surface area contributed by atoms with E-state index in [1.807, 2.05) is 30.8 Å². The highest BCUT2D eigenvalue weighted by Crippen LogP contribution is 2.49. The lowest BCUT2D eigenvalue weighted by atomic mass is 9.89. The minimum absolute atomic E-state index is 0.205. The summed E-state index contributed by atoms with van der Waals surface area (Å²) < 4.78 is 11.3. The first kappa shape index (κ1) is 21.1. The Labute approximate surface area is 173 Å². The number of aryl methyl sites for hydroxylation is 1. The Hall–Kier alpha value is -1.65. The van der Waals surface area contributed by atoms with Crippen LogP contribution in [0.2, 0.25) is 0 Å². The zero-order valence-electron chi connectivity index (χ0n) is 17.6. The summed E-state index contributed by atoms with van der Waals surface area (Å²) >= 11 is 1.95. The quantitative estimate of drug-likeness (QED) is 0.689. The maximum absolute atomic E-state index is 10.5. The highest BCUT2D eigenvalue weighted by molar-refractivity contribution is 8.00. The Bertz CT molecular complexity index is 787. The molecule has 0 bridgehead atoms. The van der Waals surface area contributed by atoms with E-state index in [0.717, 1.165) is 24.3 Å². The molecule has 152 valence electrons. The molecule has 4 unspecified atom stereocenters. The zero-order valence-corrected chi connectivity index (χ0v) is 18.4. The maximum Gasteiger partial charge on any atom is 0.123 e. The molecule has 3 rings (SSSR count). The molecule has 0 aliphatic carbocycles. The fourth-order valence-electron chi connectivity index (χ4n) is 3.97. The van der Waals surface area contributed by atoms with Crippen molar-refractivity contribution in [3.05, 3.63) is 58.7 Å². The summed E-state index contributed by atoms with van der Waals surface area (Å²) in [7, 11) is 1.74. The zero-order chi connectivity index (χ0) is 20.3. The SMILES string of the molecule is CCOc1ccc(Cc2cc(C3SC(C)CC(O)C3C)c(OC)cc2C)cc1. The van der Waals surface area contributed by atoms with Gasteiger partial charge in [-0.3, -0.25) is 0 Å². The van der Waals surface area contributed by atoms with Gasteiger partial charge in [0.1, 0.15) is 11.5 Å². The summed E-state index contributed by atoms with van der Waals surface area (Å²) in [5, 5.41) is 11.2. The van der Waals surface area contributed by atoms with Gasteiger partial charge < -0.3 is 14.6 Å². The standard InChI is InChI=1S/C24H32O3S/c1-6-27-20-9-7-18(8-10-20)13-19-14-21(23(26-5)11-15(19)2)24-17(4)22(25)12-16(3)28-24/h7-11,14,16-17,22,24-25H,6,12-13H2,1-5H3. The average molecular weight is 401 g/mol. The van der Waals surface area contributed by atoms with Gasteiger partial charge in [-0.25, -0.2) is 0 Å². The number of methoxy groups -OCH3 is 1. The van der Waals surface area contributed by atoms with E-state index in [1.165, 1.54) is 22.3 Å². The molecule has 0 saturated carbocycles. The fraction of sp³-hybridized carbons (Fsp3) is 0.500. The number of hydrogen-bond donors (Lipinski definition) is 1. The van der Waals surface area contributed by atoms with E-state index in [-0.39, 0.29) is 17.3 Å². The van der Waals surface area contributed by atoms with Crippen LogP contribution in [0.5, 0.6) is 11.5 Å². The maximum atomic E-state index is 10.5. The molecule has 0 spiro atoms. The van der Waals surface area contributed by atoms with Gasteiger partial charge in [0.05, 0.1) is 19.8 Å². The highest BCUT2D eigenvalue weighted by atomic mass is 32.2. The summed E-state index contributed by atoms with van der Waals surface area (Å²) in [6.07, 6.45) is 1.47. The Morgan fingerprint density at radius 3 is 2.50 bits per heavy atom. The number of rotatable bonds is 6. The summed E-state index contributed by atoms with van der Waals surface area (Å²) in [4.78, 5) is 0. The van der Waals surface area contributed by atoms with E-state index < -0.39 is 0 Å². The summed E-state index contributed by atoms with van der Waals surface area (Å²) in [6, 6.07) is 12.8. The Balaban J connectivity index is 1.91. The molecule has 2 aromatic rings. The first-order valence-electron chi connectivity index (χ1n) is 10.2. The Kier molecular flexibility index (Phi) is 6.95. The van der Waals surface area contributed by atoms with Crippen molar-refractivity contribution >= 4 is 11.8 Å². The number of aliphatic hydroxyl groups excluding tert-OH is 1. The molecule has 0 amide bonds. The van der Waals surface area contributed by atoms with Crippen LogP contribution >= 0.6 is 11.8 Å². The normalized spacial score (nSPS) is 24.8. The second-order valence-electron chi connectivity index (χ2n) is 7.80. The molecule has 4 atom stereocenters. The van der Waals surface area contributed by atoms with Crippen LogP contribution in [0.3, 0.4) is 0 Å². The minimum Gasteiger partial charge on any atom is -0.496 e. The number of aliphatic hydroxyl groups is 1. The number of thioether (sulfide) groups is 1. The van der Waals surface area contributed by atoms with Crippen molar-refractivity contribution in [3.63, 3.8) is 0 Å². The van der Waals surface area contributed by atoms with Crippen LogP contribution in [-0.4, -0.2) is 30.2 Å². The lowest BCUT2D eigenvalue weighted by molar-refractivity contribution is 0.100. The number of benzene rings is 2. The van der Waals surface area contributed by atoms with Crippen molar-refractivity contribution in [2.75, 3.05) is 13.7 Å². The Morgan fingerprint density at radius 1 is 1.14 bits per heavy atom. The van der Waals surface area contributed by atoms with Crippen molar-refractivity contribution in [1.29, 1.82) is 0 Å². The van der Waals surface area contributed by atoms with Gasteiger partial charge in [0.2, 0.25) is 0 Å². The van der Waals surface area contributed by atoms with Crippen LogP contribution in [0.25, 0.3) is 0 Å². The lowest BCUT2D eigenvalue weighted by Crippen LogP contribution is -2.31. The molecule has 1 N–H and O–H groups in total. The van der Waals surface area contributed by atoms with Gasteiger partial charge in [0.25, 0.3) is 0 Å². The summed E-state index contributed by atoms with van der Waals surface area (Å²) in [6.45, 7) is 9.18. The van der Waals surface area contributed by atoms with E-state index in [0.29, 0.717) is 11.9 Å². The van der Waals surface area contributed by atoms with Gasteiger partial charge in [-0.05, 0) is 67.5 Å². The third kappa shape index (κ3) is 4.66. The lowest BCUT2D eigenvalue weighted by Gasteiger charge is -2.37. The van der Waals surface area contributed by atoms with Crippen molar-refractivity contribution in [3.8, 4) is 11.5 Å². The minimum atomic E-state index is -0.262. The van der Waals surface area contributed by atoms with E-state index in [2.05, 4.69) is 45.0 Å². The number of ether oxygens (including phenoxy) is 2. The molecule has 1 heterocycles. The number of hydrogen-bond acceptors (Lipinski definition) is 4.